The van der Waals surface area contributed by atoms with Gasteiger partial charge in [-0.3, -0.25) is 0 Å². The average Bonchev–Trinajstić information content (AvgIpc) is 3.18. The van der Waals surface area contributed by atoms with Crippen LogP contribution in [0.4, 0.5) is 5.69 Å². The van der Waals surface area contributed by atoms with Crippen LogP contribution in [0, 0.1) is 13.8 Å². The number of anilines is 1. The van der Waals surface area contributed by atoms with Gasteiger partial charge in [0.15, 0.2) is 0 Å². The third-order valence-corrected chi connectivity index (χ3v) is 6.91. The highest BCUT2D eigenvalue weighted by Gasteiger charge is 2.25. The van der Waals surface area contributed by atoms with Crippen molar-refractivity contribution >= 4 is 21.7 Å². The van der Waals surface area contributed by atoms with Crippen LogP contribution in [0.25, 0.3) is 0 Å². The third kappa shape index (κ3) is 4.05. The highest BCUT2D eigenvalue weighted by Crippen LogP contribution is 2.29. The van der Waals surface area contributed by atoms with Crippen LogP contribution in [-0.2, 0) is 10.0 Å². The summed E-state index contributed by atoms with van der Waals surface area (Å²) < 4.78 is 31.8. The van der Waals surface area contributed by atoms with Gasteiger partial charge in [0.2, 0.25) is 10.0 Å². The summed E-state index contributed by atoms with van der Waals surface area (Å²) in [5, 5.41) is 0. The van der Waals surface area contributed by atoms with E-state index >= 15 is 0 Å². The Kier molecular flexibility index (Phi) is 5.76. The standard InChI is InChI=1S/C21H26N2O4S/c1-15-7-8-17(13-16(15)2)27-21(24)19-14-18(28(25,26)22(3)4)9-10-20(19)23-11-5-6-12-23/h7-10,13-14H,5-6,11-12H2,1-4H3. The first-order valence-electron chi connectivity index (χ1n) is 9.31. The lowest BCUT2D eigenvalue weighted by atomic mass is 10.1. The Morgan fingerprint density at radius 1 is 1.00 bits per heavy atom. The minimum Gasteiger partial charge on any atom is -0.423 e. The molecule has 7 heteroatoms. The molecule has 1 fully saturated rings. The quantitative estimate of drug-likeness (QED) is 0.567. The van der Waals surface area contributed by atoms with E-state index in [9.17, 15) is 13.2 Å². The number of carbonyl (C=O) groups excluding carboxylic acids is 1. The molecule has 2 aromatic rings. The first-order chi connectivity index (χ1) is 13.2. The molecule has 6 nitrogen and oxygen atoms in total. The lowest BCUT2D eigenvalue weighted by molar-refractivity contribution is 0.0735. The lowest BCUT2D eigenvalue weighted by Gasteiger charge is -2.22. The van der Waals surface area contributed by atoms with Crippen molar-refractivity contribution < 1.29 is 17.9 Å². The van der Waals surface area contributed by atoms with Crippen LogP contribution in [0.1, 0.15) is 34.3 Å². The maximum absolute atomic E-state index is 13.0. The largest absolute Gasteiger partial charge is 0.423 e. The van der Waals surface area contributed by atoms with E-state index in [1.807, 2.05) is 26.0 Å². The van der Waals surface area contributed by atoms with E-state index in [0.29, 0.717) is 11.4 Å². The molecule has 28 heavy (non-hydrogen) atoms. The predicted octanol–water partition coefficient (Wildman–Crippen LogP) is 3.37. The van der Waals surface area contributed by atoms with Crippen LogP contribution in [0.2, 0.25) is 0 Å². The van der Waals surface area contributed by atoms with Crippen LogP contribution < -0.4 is 9.64 Å². The minimum absolute atomic E-state index is 0.0764. The van der Waals surface area contributed by atoms with Crippen molar-refractivity contribution in [1.29, 1.82) is 0 Å². The number of aryl methyl sites for hydroxylation is 2. The fraction of sp³-hybridized carbons (Fsp3) is 0.381. The van der Waals surface area contributed by atoms with Crippen molar-refractivity contribution in [2.24, 2.45) is 0 Å². The topological polar surface area (TPSA) is 66.9 Å². The van der Waals surface area contributed by atoms with Gasteiger partial charge in [-0.2, -0.15) is 0 Å². The van der Waals surface area contributed by atoms with Crippen LogP contribution in [0.3, 0.4) is 0 Å². The normalized spacial score (nSPS) is 14.5. The van der Waals surface area contributed by atoms with Gasteiger partial charge in [0, 0.05) is 27.2 Å². The van der Waals surface area contributed by atoms with Crippen molar-refractivity contribution in [1.82, 2.24) is 4.31 Å². The molecule has 3 rings (SSSR count). The van der Waals surface area contributed by atoms with Gasteiger partial charge in [-0.05, 0) is 68.1 Å². The van der Waals surface area contributed by atoms with Crippen LogP contribution >= 0.6 is 0 Å². The van der Waals surface area contributed by atoms with Gasteiger partial charge in [0.05, 0.1) is 16.1 Å². The number of sulfonamides is 1. The fourth-order valence-electron chi connectivity index (χ4n) is 3.22. The summed E-state index contributed by atoms with van der Waals surface area (Å²) in [6.07, 6.45) is 2.09. The number of benzene rings is 2. The Hall–Kier alpha value is -2.38. The van der Waals surface area contributed by atoms with Gasteiger partial charge in [-0.15, -0.1) is 0 Å². The minimum atomic E-state index is -3.65. The summed E-state index contributed by atoms with van der Waals surface area (Å²) in [5.41, 5.74) is 3.11. The second-order valence-corrected chi connectivity index (χ2v) is 9.45. The predicted molar refractivity (Wildman–Crippen MR) is 110 cm³/mol. The molecule has 2 aromatic carbocycles. The average molecular weight is 403 g/mol. The second-order valence-electron chi connectivity index (χ2n) is 7.30. The van der Waals surface area contributed by atoms with E-state index < -0.39 is 16.0 Å². The maximum atomic E-state index is 13.0. The molecule has 1 saturated heterocycles. The first-order valence-corrected chi connectivity index (χ1v) is 10.7. The zero-order valence-electron chi connectivity index (χ0n) is 16.7. The molecule has 1 heterocycles. The molecule has 0 amide bonds. The Bertz CT molecular complexity index is 993. The zero-order chi connectivity index (χ0) is 20.5. The molecular weight excluding hydrogens is 376 g/mol. The summed E-state index contributed by atoms with van der Waals surface area (Å²) in [6, 6.07) is 10.1. The fourth-order valence-corrected chi connectivity index (χ4v) is 4.15. The molecule has 1 aliphatic rings. The summed E-state index contributed by atoms with van der Waals surface area (Å²) >= 11 is 0. The molecule has 0 bridgehead atoms. The Morgan fingerprint density at radius 3 is 2.29 bits per heavy atom. The maximum Gasteiger partial charge on any atom is 0.345 e. The SMILES string of the molecule is Cc1ccc(OC(=O)c2cc(S(=O)(=O)N(C)C)ccc2N2CCCC2)cc1C. The molecular formula is C21H26N2O4S. The molecule has 0 radical (unpaired) electrons. The van der Waals surface area contributed by atoms with Crippen LogP contribution in [-0.4, -0.2) is 45.9 Å². The number of ether oxygens (including phenoxy) is 1. The van der Waals surface area contributed by atoms with E-state index in [4.69, 9.17) is 4.74 Å². The highest BCUT2D eigenvalue weighted by molar-refractivity contribution is 7.89. The zero-order valence-corrected chi connectivity index (χ0v) is 17.5. The molecule has 1 aliphatic heterocycles. The van der Waals surface area contributed by atoms with E-state index in [0.717, 1.165) is 41.4 Å². The third-order valence-electron chi connectivity index (χ3n) is 5.10. The molecule has 0 saturated carbocycles. The monoisotopic (exact) mass is 402 g/mol. The highest BCUT2D eigenvalue weighted by atomic mass is 32.2. The first kappa shape index (κ1) is 20.4. The summed E-state index contributed by atoms with van der Waals surface area (Å²) in [6.45, 7) is 5.61. The van der Waals surface area contributed by atoms with Crippen molar-refractivity contribution in [3.8, 4) is 5.75 Å². The molecule has 150 valence electrons. The Balaban J connectivity index is 2.01. The number of esters is 1. The van der Waals surface area contributed by atoms with Crippen molar-refractivity contribution in [2.45, 2.75) is 31.6 Å². The number of nitrogens with zero attached hydrogens (tertiary/aromatic N) is 2. The number of carbonyl (C=O) groups is 1. The molecule has 0 N–H and O–H groups in total. The van der Waals surface area contributed by atoms with E-state index in [-0.39, 0.29) is 10.5 Å². The molecule has 0 unspecified atom stereocenters. The van der Waals surface area contributed by atoms with Crippen molar-refractivity contribution in [3.63, 3.8) is 0 Å². The molecule has 0 aliphatic carbocycles. The lowest BCUT2D eigenvalue weighted by Crippen LogP contribution is -2.25. The Labute approximate surface area is 166 Å². The van der Waals surface area contributed by atoms with Crippen LogP contribution in [0.5, 0.6) is 5.75 Å². The Morgan fingerprint density at radius 2 is 1.68 bits per heavy atom. The van der Waals surface area contributed by atoms with Crippen molar-refractivity contribution in [3.05, 3.63) is 53.1 Å². The summed E-state index contributed by atoms with van der Waals surface area (Å²) in [4.78, 5) is 15.2. The van der Waals surface area contributed by atoms with Gasteiger partial charge in [-0.1, -0.05) is 6.07 Å². The number of hydrogen-bond acceptors (Lipinski definition) is 5. The second kappa shape index (κ2) is 7.93. The molecule has 0 atom stereocenters. The van der Waals surface area contributed by atoms with Crippen LogP contribution in [0.15, 0.2) is 41.3 Å². The molecule has 0 aromatic heterocycles. The van der Waals surface area contributed by atoms with E-state index in [1.54, 1.807) is 18.2 Å². The smallest absolute Gasteiger partial charge is 0.345 e. The van der Waals surface area contributed by atoms with E-state index in [1.165, 1.54) is 20.2 Å². The van der Waals surface area contributed by atoms with Gasteiger partial charge in [0.1, 0.15) is 5.75 Å². The summed E-state index contributed by atoms with van der Waals surface area (Å²) in [7, 11) is -0.713. The molecule has 0 spiro atoms. The number of hydrogen-bond donors (Lipinski definition) is 0. The van der Waals surface area contributed by atoms with Crippen molar-refractivity contribution in [2.75, 3.05) is 32.1 Å². The van der Waals surface area contributed by atoms with Gasteiger partial charge in [0.25, 0.3) is 0 Å². The number of rotatable bonds is 5. The van der Waals surface area contributed by atoms with Gasteiger partial charge < -0.3 is 9.64 Å². The van der Waals surface area contributed by atoms with Gasteiger partial charge >= 0.3 is 5.97 Å². The van der Waals surface area contributed by atoms with Gasteiger partial charge in [-0.25, -0.2) is 17.5 Å². The summed E-state index contributed by atoms with van der Waals surface area (Å²) in [5.74, 6) is -0.109. The van der Waals surface area contributed by atoms with E-state index in [2.05, 4.69) is 4.90 Å².